The van der Waals surface area contributed by atoms with E-state index in [1.54, 1.807) is 0 Å². The topological polar surface area (TPSA) is 32.6 Å². The summed E-state index contributed by atoms with van der Waals surface area (Å²) in [6.45, 7) is 0. The van der Waals surface area contributed by atoms with Gasteiger partial charge in [0.05, 0.1) is 6.21 Å². The summed E-state index contributed by atoms with van der Waals surface area (Å²) in [6.07, 6.45) is 1.45. The molecule has 0 aliphatic heterocycles. The summed E-state index contributed by atoms with van der Waals surface area (Å²) in [5, 5.41) is 11.5. The van der Waals surface area contributed by atoms with Gasteiger partial charge in [0, 0.05) is 5.56 Å². The molecule has 64 valence electrons. The molecule has 13 heavy (non-hydrogen) atoms. The van der Waals surface area contributed by atoms with Crippen molar-refractivity contribution in [2.24, 2.45) is 5.16 Å². The van der Waals surface area contributed by atoms with E-state index in [0.717, 1.165) is 16.7 Å². The van der Waals surface area contributed by atoms with E-state index in [2.05, 4.69) is 5.16 Å². The first-order chi connectivity index (χ1) is 6.42. The number of nitrogens with zero attached hydrogens (tertiary/aromatic N) is 1. The zero-order chi connectivity index (χ0) is 9.10. The van der Waals surface area contributed by atoms with Gasteiger partial charge in [-0.05, 0) is 11.1 Å². The minimum Gasteiger partial charge on any atom is -0.411 e. The molecule has 0 unspecified atom stereocenters. The number of hydrogen-bond donors (Lipinski definition) is 1. The molecule has 0 heterocycles. The zero-order valence-corrected chi connectivity index (χ0v) is 7.01. The molecule has 2 aliphatic rings. The Morgan fingerprint density at radius 3 is 2.69 bits per heavy atom. The van der Waals surface area contributed by atoms with Crippen LogP contribution in [0, 0.1) is 0 Å². The fourth-order valence-electron chi connectivity index (χ4n) is 1.41. The molecule has 0 spiro atoms. The van der Waals surface area contributed by atoms with Gasteiger partial charge in [0.15, 0.2) is 0 Å². The van der Waals surface area contributed by atoms with Crippen molar-refractivity contribution in [3.8, 4) is 11.1 Å². The molecule has 0 saturated heterocycles. The molecule has 0 aromatic carbocycles. The fraction of sp³-hybridized carbons (Fsp3) is 0. The Morgan fingerprint density at radius 1 is 1.00 bits per heavy atom. The van der Waals surface area contributed by atoms with Crippen LogP contribution in [0.25, 0.3) is 11.1 Å². The Balaban J connectivity index is 2.61. The highest BCUT2D eigenvalue weighted by Crippen LogP contribution is 2.25. The van der Waals surface area contributed by atoms with Gasteiger partial charge in [-0.1, -0.05) is 47.6 Å². The molecular weight excluding hydrogens is 162 g/mol. The van der Waals surface area contributed by atoms with Crippen molar-refractivity contribution in [3.05, 3.63) is 48.0 Å². The van der Waals surface area contributed by atoms with Crippen molar-refractivity contribution in [2.75, 3.05) is 0 Å². The highest BCUT2D eigenvalue weighted by Gasteiger charge is 2.04. The predicted molar refractivity (Wildman–Crippen MR) is 52.4 cm³/mol. The molecule has 2 aliphatic carbocycles. The van der Waals surface area contributed by atoms with Gasteiger partial charge in [0.1, 0.15) is 0 Å². The van der Waals surface area contributed by atoms with E-state index in [4.69, 9.17) is 5.21 Å². The van der Waals surface area contributed by atoms with E-state index in [9.17, 15) is 0 Å². The second kappa shape index (κ2) is 3.27. The maximum Gasteiger partial charge on any atom is 0.0740 e. The van der Waals surface area contributed by atoms with E-state index >= 15 is 0 Å². The van der Waals surface area contributed by atoms with Crippen LogP contribution in [-0.4, -0.2) is 11.4 Å². The summed E-state index contributed by atoms with van der Waals surface area (Å²) in [4.78, 5) is 0. The first-order valence-electron chi connectivity index (χ1n) is 4.07. The van der Waals surface area contributed by atoms with Gasteiger partial charge in [-0.15, -0.1) is 0 Å². The van der Waals surface area contributed by atoms with Crippen molar-refractivity contribution in [2.45, 2.75) is 0 Å². The lowest BCUT2D eigenvalue weighted by molar-refractivity contribution is 0.322. The predicted octanol–water partition coefficient (Wildman–Crippen LogP) is 2.60. The Bertz CT molecular complexity index is 409. The highest BCUT2D eigenvalue weighted by atomic mass is 16.4. The van der Waals surface area contributed by atoms with Crippen molar-refractivity contribution < 1.29 is 5.21 Å². The first kappa shape index (κ1) is 7.80. The molecule has 0 fully saturated rings. The summed E-state index contributed by atoms with van der Waals surface area (Å²) < 4.78 is 0. The van der Waals surface area contributed by atoms with Gasteiger partial charge >= 0.3 is 0 Å². The second-order valence-corrected chi connectivity index (χ2v) is 2.81. The third kappa shape index (κ3) is 1.38. The van der Waals surface area contributed by atoms with Gasteiger partial charge < -0.3 is 5.21 Å². The lowest BCUT2D eigenvalue weighted by Crippen LogP contribution is -1.77. The van der Waals surface area contributed by atoms with Crippen LogP contribution in [-0.2, 0) is 0 Å². The van der Waals surface area contributed by atoms with Crippen LogP contribution in [0.15, 0.2) is 47.6 Å². The van der Waals surface area contributed by atoms with E-state index in [1.165, 1.54) is 6.21 Å². The van der Waals surface area contributed by atoms with E-state index in [0.29, 0.717) is 0 Å². The van der Waals surface area contributed by atoms with Crippen molar-refractivity contribution in [1.82, 2.24) is 0 Å². The number of oxime groups is 1. The summed E-state index contributed by atoms with van der Waals surface area (Å²) in [5.41, 5.74) is 3.19. The first-order valence-corrected chi connectivity index (χ1v) is 4.07. The molecule has 0 radical (unpaired) electrons. The summed E-state index contributed by atoms with van der Waals surface area (Å²) in [5.74, 6) is 0. The monoisotopic (exact) mass is 171 g/mol. The highest BCUT2D eigenvalue weighted by molar-refractivity contribution is 5.92. The average molecular weight is 171 g/mol. The molecule has 2 nitrogen and oxygen atoms in total. The lowest BCUT2D eigenvalue weighted by atomic mass is 10.1. The molecular formula is C11H9NO. The molecule has 0 aromatic heterocycles. The normalized spacial score (nSPS) is 11.1. The van der Waals surface area contributed by atoms with Crippen LogP contribution >= 0.6 is 0 Å². The third-order valence-corrected chi connectivity index (χ3v) is 2.02. The molecule has 0 saturated carbocycles. The maximum absolute atomic E-state index is 8.43. The Labute approximate surface area is 76.5 Å². The van der Waals surface area contributed by atoms with Gasteiger partial charge in [-0.25, -0.2) is 0 Å². The van der Waals surface area contributed by atoms with Gasteiger partial charge in [-0.2, -0.15) is 0 Å². The van der Waals surface area contributed by atoms with E-state index in [-0.39, 0.29) is 0 Å². The molecule has 0 bridgehead atoms. The largest absolute Gasteiger partial charge is 0.411 e. The maximum atomic E-state index is 8.43. The molecule has 0 amide bonds. The van der Waals surface area contributed by atoms with Crippen LogP contribution in [0.1, 0.15) is 5.56 Å². The summed E-state index contributed by atoms with van der Waals surface area (Å²) >= 11 is 0. The fourth-order valence-corrected chi connectivity index (χ4v) is 1.41. The lowest BCUT2D eigenvalue weighted by Gasteiger charge is -1.92. The van der Waals surface area contributed by atoms with Crippen LogP contribution in [0.3, 0.4) is 0 Å². The quantitative estimate of drug-likeness (QED) is 0.399. The van der Waals surface area contributed by atoms with Crippen molar-refractivity contribution in [1.29, 1.82) is 0 Å². The molecule has 0 atom stereocenters. The van der Waals surface area contributed by atoms with Crippen molar-refractivity contribution in [3.63, 3.8) is 0 Å². The summed E-state index contributed by atoms with van der Waals surface area (Å²) in [7, 11) is 0. The van der Waals surface area contributed by atoms with Crippen LogP contribution < -0.4 is 0 Å². The molecule has 2 rings (SSSR count). The smallest absolute Gasteiger partial charge is 0.0740 e. The zero-order valence-electron chi connectivity index (χ0n) is 7.01. The minimum atomic E-state index is 0.939. The average Bonchev–Trinajstić information content (AvgIpc) is 2.38. The second-order valence-electron chi connectivity index (χ2n) is 2.81. The molecule has 1 N–H and O–H groups in total. The third-order valence-electron chi connectivity index (χ3n) is 2.02. The Hall–Kier alpha value is -1.83. The molecule has 0 aromatic rings. The summed E-state index contributed by atoms with van der Waals surface area (Å²) in [6, 6.07) is 13.9. The molecule has 2 heteroatoms. The van der Waals surface area contributed by atoms with Gasteiger partial charge in [0.2, 0.25) is 0 Å². The van der Waals surface area contributed by atoms with Gasteiger partial charge in [-0.3, -0.25) is 0 Å². The van der Waals surface area contributed by atoms with Gasteiger partial charge in [0.25, 0.3) is 0 Å². The van der Waals surface area contributed by atoms with E-state index < -0.39 is 0 Å². The number of rotatable bonds is 1. The van der Waals surface area contributed by atoms with Crippen LogP contribution in [0.5, 0.6) is 0 Å². The van der Waals surface area contributed by atoms with Crippen molar-refractivity contribution >= 4 is 6.21 Å². The standard InChI is InChI=1S/C11H9NO/c13-12-8-10-7-6-9-4-2-1-3-5-11(9)10/h1-8,13H. The number of hydrogen-bond acceptors (Lipinski definition) is 2. The van der Waals surface area contributed by atoms with Crippen LogP contribution in [0.2, 0.25) is 0 Å². The minimum absolute atomic E-state index is 0.939. The number of fused-ring (bicyclic) bond motifs is 1. The Morgan fingerprint density at radius 2 is 1.85 bits per heavy atom. The van der Waals surface area contributed by atoms with Crippen LogP contribution in [0.4, 0.5) is 0 Å². The SMILES string of the molecule is ON=Cc1ccc2cccccc1-2. The Kier molecular flexibility index (Phi) is 1.96. The van der Waals surface area contributed by atoms with E-state index in [1.807, 2.05) is 42.5 Å².